The van der Waals surface area contributed by atoms with Gasteiger partial charge in [0, 0.05) is 25.5 Å². The van der Waals surface area contributed by atoms with Crippen molar-refractivity contribution in [3.05, 3.63) is 48.3 Å². The fourth-order valence-corrected chi connectivity index (χ4v) is 4.05. The molecule has 1 amide bonds. The highest BCUT2D eigenvalue weighted by Gasteiger charge is 2.29. The molecule has 4 heterocycles. The van der Waals surface area contributed by atoms with E-state index in [9.17, 15) is 4.79 Å². The number of carbonyl (C=O) groups is 1. The molecule has 0 bridgehead atoms. The Morgan fingerprint density at radius 1 is 1.04 bits per heavy atom. The second-order valence-electron chi connectivity index (χ2n) is 7.42. The summed E-state index contributed by atoms with van der Waals surface area (Å²) in [5, 5.41) is 6.63. The number of anilines is 2. The third-order valence-corrected chi connectivity index (χ3v) is 5.59. The first-order valence-corrected chi connectivity index (χ1v) is 9.96. The van der Waals surface area contributed by atoms with Gasteiger partial charge in [-0.3, -0.25) is 4.79 Å². The van der Waals surface area contributed by atoms with E-state index in [0.717, 1.165) is 57.0 Å². The van der Waals surface area contributed by atoms with Crippen molar-refractivity contribution in [3.8, 4) is 0 Å². The first-order valence-electron chi connectivity index (χ1n) is 9.96. The molecule has 6 heteroatoms. The summed E-state index contributed by atoms with van der Waals surface area (Å²) in [6, 6.07) is 10.0. The number of pyridine rings is 2. The highest BCUT2D eigenvalue weighted by atomic mass is 16.2. The predicted molar refractivity (Wildman–Crippen MR) is 106 cm³/mol. The summed E-state index contributed by atoms with van der Waals surface area (Å²) in [5.74, 6) is 2.37. The van der Waals surface area contributed by atoms with Crippen LogP contribution in [0.4, 0.5) is 11.6 Å². The lowest BCUT2D eigenvalue weighted by molar-refractivity contribution is -0.135. The molecule has 27 heavy (non-hydrogen) atoms. The predicted octanol–water partition coefficient (Wildman–Crippen LogP) is 3.07. The Kier molecular flexibility index (Phi) is 5.63. The number of nitrogens with one attached hydrogen (secondary N) is 2. The Hall–Kier alpha value is -2.47. The van der Waals surface area contributed by atoms with Gasteiger partial charge in [0.25, 0.3) is 0 Å². The van der Waals surface area contributed by atoms with Crippen LogP contribution in [0, 0.1) is 0 Å². The lowest BCUT2D eigenvalue weighted by Gasteiger charge is -2.35. The van der Waals surface area contributed by atoms with Crippen molar-refractivity contribution in [1.29, 1.82) is 0 Å². The van der Waals surface area contributed by atoms with Gasteiger partial charge >= 0.3 is 0 Å². The zero-order chi connectivity index (χ0) is 18.5. The summed E-state index contributed by atoms with van der Waals surface area (Å²) in [5.41, 5.74) is 1.28. The van der Waals surface area contributed by atoms with Gasteiger partial charge in [0.2, 0.25) is 5.91 Å². The normalized spacial score (nSPS) is 21.0. The van der Waals surface area contributed by atoms with Gasteiger partial charge in [0.15, 0.2) is 0 Å². The highest BCUT2D eigenvalue weighted by molar-refractivity contribution is 5.82. The summed E-state index contributed by atoms with van der Waals surface area (Å²) in [7, 11) is 0. The maximum Gasteiger partial charge on any atom is 0.239 e. The van der Waals surface area contributed by atoms with E-state index in [2.05, 4.69) is 32.7 Å². The smallest absolute Gasteiger partial charge is 0.239 e. The molecular formula is C21H27N5O. The summed E-state index contributed by atoms with van der Waals surface area (Å²) in [6.07, 6.45) is 8.94. The van der Waals surface area contributed by atoms with Crippen LogP contribution in [0.5, 0.6) is 0 Å². The van der Waals surface area contributed by atoms with Crippen LogP contribution in [0.1, 0.15) is 43.6 Å². The van der Waals surface area contributed by atoms with Gasteiger partial charge in [-0.25, -0.2) is 9.97 Å². The van der Waals surface area contributed by atoms with E-state index in [-0.39, 0.29) is 6.04 Å². The van der Waals surface area contributed by atoms with Crippen molar-refractivity contribution in [3.63, 3.8) is 0 Å². The zero-order valence-corrected chi connectivity index (χ0v) is 15.6. The molecule has 6 nitrogen and oxygen atoms in total. The molecule has 0 saturated carbocycles. The quantitative estimate of drug-likeness (QED) is 0.871. The molecule has 4 rings (SSSR count). The topological polar surface area (TPSA) is 70.2 Å². The Morgan fingerprint density at radius 2 is 1.89 bits per heavy atom. The zero-order valence-electron chi connectivity index (χ0n) is 15.6. The van der Waals surface area contributed by atoms with Gasteiger partial charge in [-0.1, -0.05) is 12.5 Å². The fourth-order valence-electron chi connectivity index (χ4n) is 4.05. The van der Waals surface area contributed by atoms with Crippen molar-refractivity contribution >= 4 is 17.5 Å². The largest absolute Gasteiger partial charge is 0.341 e. The molecule has 142 valence electrons. The second kappa shape index (κ2) is 8.48. The minimum absolute atomic E-state index is 0.0328. The van der Waals surface area contributed by atoms with Crippen LogP contribution in [-0.2, 0) is 4.79 Å². The van der Waals surface area contributed by atoms with E-state index < -0.39 is 0 Å². The van der Waals surface area contributed by atoms with Gasteiger partial charge in [0.05, 0.1) is 6.04 Å². The molecule has 2 saturated heterocycles. The standard InChI is InChI=1S/C21H27N5O/c27-21(18-5-1-3-10-22-18)26-13-8-16(9-14-26)17-7-12-24-20(15-17)25-19-6-2-4-11-23-19/h2,4,6-7,11-12,15-16,18,22H,1,3,5,8-10,13-14H2,(H,23,24,25)/t18-/m0/s1. The average molecular weight is 365 g/mol. The molecule has 2 aromatic rings. The lowest BCUT2D eigenvalue weighted by Crippen LogP contribution is -2.50. The first kappa shape index (κ1) is 17.9. The molecule has 2 fully saturated rings. The Morgan fingerprint density at radius 3 is 2.63 bits per heavy atom. The number of hydrogen-bond acceptors (Lipinski definition) is 5. The number of nitrogens with zero attached hydrogens (tertiary/aromatic N) is 3. The number of rotatable bonds is 4. The van der Waals surface area contributed by atoms with E-state index in [4.69, 9.17) is 0 Å². The Bertz CT molecular complexity index is 752. The molecule has 1 atom stereocenters. The first-order chi connectivity index (χ1) is 13.3. The van der Waals surface area contributed by atoms with Crippen molar-refractivity contribution in [1.82, 2.24) is 20.2 Å². The van der Waals surface area contributed by atoms with Crippen LogP contribution in [0.2, 0.25) is 0 Å². The summed E-state index contributed by atoms with van der Waals surface area (Å²) >= 11 is 0. The van der Waals surface area contributed by atoms with E-state index in [1.807, 2.05) is 29.3 Å². The van der Waals surface area contributed by atoms with Crippen LogP contribution in [0.25, 0.3) is 0 Å². The number of amides is 1. The molecule has 0 unspecified atom stereocenters. The molecule has 2 aliphatic rings. The molecule has 0 spiro atoms. The van der Waals surface area contributed by atoms with Crippen molar-refractivity contribution in [2.45, 2.75) is 44.1 Å². The average Bonchev–Trinajstić information content (AvgIpc) is 2.75. The molecule has 2 aliphatic heterocycles. The number of piperidine rings is 2. The summed E-state index contributed by atoms with van der Waals surface area (Å²) in [6.45, 7) is 2.65. The molecule has 2 aromatic heterocycles. The number of likely N-dealkylation sites (tertiary alicyclic amines) is 1. The number of hydrogen-bond donors (Lipinski definition) is 2. The minimum atomic E-state index is 0.0328. The molecule has 0 aliphatic carbocycles. The molecule has 0 aromatic carbocycles. The lowest BCUT2D eigenvalue weighted by atomic mass is 9.89. The van der Waals surface area contributed by atoms with E-state index in [1.54, 1.807) is 6.20 Å². The van der Waals surface area contributed by atoms with E-state index in [1.165, 1.54) is 12.0 Å². The Labute approximate surface area is 160 Å². The third kappa shape index (κ3) is 4.45. The summed E-state index contributed by atoms with van der Waals surface area (Å²) in [4.78, 5) is 23.4. The highest BCUT2D eigenvalue weighted by Crippen LogP contribution is 2.30. The molecule has 2 N–H and O–H groups in total. The van der Waals surface area contributed by atoms with Gasteiger partial charge < -0.3 is 15.5 Å². The van der Waals surface area contributed by atoms with Crippen molar-refractivity contribution < 1.29 is 4.79 Å². The number of carbonyl (C=O) groups excluding carboxylic acids is 1. The van der Waals surface area contributed by atoms with Gasteiger partial charge in [-0.2, -0.15) is 0 Å². The maximum atomic E-state index is 12.7. The third-order valence-electron chi connectivity index (χ3n) is 5.59. The van der Waals surface area contributed by atoms with E-state index >= 15 is 0 Å². The summed E-state index contributed by atoms with van der Waals surface area (Å²) < 4.78 is 0. The van der Waals surface area contributed by atoms with Crippen molar-refractivity contribution in [2.24, 2.45) is 0 Å². The van der Waals surface area contributed by atoms with Gasteiger partial charge in [-0.15, -0.1) is 0 Å². The minimum Gasteiger partial charge on any atom is -0.341 e. The van der Waals surface area contributed by atoms with Crippen LogP contribution >= 0.6 is 0 Å². The second-order valence-corrected chi connectivity index (χ2v) is 7.42. The SMILES string of the molecule is O=C([C@@H]1CCCCN1)N1CCC(c2ccnc(Nc3ccccn3)c2)CC1. The van der Waals surface area contributed by atoms with Crippen LogP contribution in [-0.4, -0.2) is 46.5 Å². The van der Waals surface area contributed by atoms with Gasteiger partial charge in [-0.05, 0) is 68.0 Å². The van der Waals surface area contributed by atoms with Crippen LogP contribution in [0.15, 0.2) is 42.7 Å². The van der Waals surface area contributed by atoms with Crippen LogP contribution < -0.4 is 10.6 Å². The monoisotopic (exact) mass is 365 g/mol. The Balaban J connectivity index is 1.35. The maximum absolute atomic E-state index is 12.7. The fraction of sp³-hybridized carbons (Fsp3) is 0.476. The van der Waals surface area contributed by atoms with Crippen LogP contribution in [0.3, 0.4) is 0 Å². The molecule has 0 radical (unpaired) electrons. The van der Waals surface area contributed by atoms with Gasteiger partial charge in [0.1, 0.15) is 11.6 Å². The van der Waals surface area contributed by atoms with Crippen molar-refractivity contribution in [2.75, 3.05) is 25.0 Å². The number of aromatic nitrogens is 2. The molecular weight excluding hydrogens is 338 g/mol. The van der Waals surface area contributed by atoms with E-state index in [0.29, 0.717) is 11.8 Å².